The first-order valence-electron chi connectivity index (χ1n) is 11.5. The fourth-order valence-electron chi connectivity index (χ4n) is 4.19. The van der Waals surface area contributed by atoms with E-state index in [1.165, 1.54) is 11.3 Å². The second-order valence-electron chi connectivity index (χ2n) is 8.54. The number of benzene rings is 1. The van der Waals surface area contributed by atoms with E-state index in [0.717, 1.165) is 49.2 Å². The number of carbonyl (C=O) groups excluding carboxylic acids is 2. The molecule has 6 nitrogen and oxygen atoms in total. The average Bonchev–Trinajstić information content (AvgIpc) is 3.48. The summed E-state index contributed by atoms with van der Waals surface area (Å²) in [5, 5.41) is 4.89. The van der Waals surface area contributed by atoms with Crippen LogP contribution in [0.2, 0.25) is 0 Å². The van der Waals surface area contributed by atoms with Crippen LogP contribution in [-0.4, -0.2) is 50.1 Å². The van der Waals surface area contributed by atoms with Crippen LogP contribution in [-0.2, 0) is 16.1 Å². The van der Waals surface area contributed by atoms with Crippen LogP contribution in [0.25, 0.3) is 0 Å². The van der Waals surface area contributed by atoms with Crippen molar-refractivity contribution in [2.45, 2.75) is 52.2 Å². The maximum absolute atomic E-state index is 13.4. The molecule has 1 saturated heterocycles. The Morgan fingerprint density at radius 3 is 2.59 bits per heavy atom. The molecule has 0 radical (unpaired) electrons. The third kappa shape index (κ3) is 6.11. The molecule has 0 unspecified atom stereocenters. The molecule has 0 bridgehead atoms. The van der Waals surface area contributed by atoms with Gasteiger partial charge in [0.15, 0.2) is 0 Å². The Kier molecular flexibility index (Phi) is 8.70. The highest BCUT2D eigenvalue weighted by Gasteiger charge is 2.27. The van der Waals surface area contributed by atoms with Gasteiger partial charge in [-0.15, -0.1) is 11.3 Å². The molecule has 1 N–H and O–H groups in total. The molecule has 1 aliphatic heterocycles. The lowest BCUT2D eigenvalue weighted by molar-refractivity contribution is -0.138. The van der Waals surface area contributed by atoms with Crippen LogP contribution < -0.4 is 10.2 Å². The summed E-state index contributed by atoms with van der Waals surface area (Å²) >= 11 is 1.42. The molecule has 7 heteroatoms. The average molecular weight is 458 g/mol. The Morgan fingerprint density at radius 1 is 1.22 bits per heavy atom. The Bertz CT molecular complexity index is 888. The summed E-state index contributed by atoms with van der Waals surface area (Å²) in [7, 11) is 3.99. The van der Waals surface area contributed by atoms with E-state index in [1.54, 1.807) is 0 Å². The summed E-state index contributed by atoms with van der Waals surface area (Å²) in [6, 6.07) is 9.59. The zero-order valence-corrected chi connectivity index (χ0v) is 20.4. The van der Waals surface area contributed by atoms with E-state index in [0.29, 0.717) is 18.0 Å². The SMILES string of the molecule is CCC(CC)C(=O)N(Cc1cc(NC(=O)c2cccs2)ccc1N(C)C)C[C@H]1CCCO1. The zero-order chi connectivity index (χ0) is 23.1. The summed E-state index contributed by atoms with van der Waals surface area (Å²) in [5.74, 6) is 0.0806. The molecule has 2 aromatic rings. The Hall–Kier alpha value is -2.38. The predicted octanol–water partition coefficient (Wildman–Crippen LogP) is 5.01. The standard InChI is InChI=1S/C25H35N3O3S/c1-5-18(6-2)25(30)28(17-21-9-7-13-31-21)16-19-15-20(11-12-22(19)27(3)4)26-24(29)23-10-8-14-32-23/h8,10-12,14-15,18,21H,5-7,9,13,16-17H2,1-4H3,(H,26,29)/t21-/m1/s1. The molecule has 1 aliphatic rings. The Labute approximate surface area is 195 Å². The van der Waals surface area contributed by atoms with E-state index in [4.69, 9.17) is 4.74 Å². The van der Waals surface area contributed by atoms with Gasteiger partial charge in [0.2, 0.25) is 5.91 Å². The van der Waals surface area contributed by atoms with Crippen LogP contribution in [0.15, 0.2) is 35.7 Å². The summed E-state index contributed by atoms with van der Waals surface area (Å²) in [4.78, 5) is 30.6. The van der Waals surface area contributed by atoms with Crippen LogP contribution >= 0.6 is 11.3 Å². The van der Waals surface area contributed by atoms with Gasteiger partial charge in [-0.05, 0) is 60.9 Å². The zero-order valence-electron chi connectivity index (χ0n) is 19.6. The van der Waals surface area contributed by atoms with Crippen molar-refractivity contribution < 1.29 is 14.3 Å². The van der Waals surface area contributed by atoms with Crippen LogP contribution in [0.1, 0.15) is 54.8 Å². The minimum absolute atomic E-state index is 0.0147. The maximum Gasteiger partial charge on any atom is 0.265 e. The lowest BCUT2D eigenvalue weighted by Crippen LogP contribution is -2.40. The van der Waals surface area contributed by atoms with Gasteiger partial charge < -0.3 is 19.9 Å². The molecular weight excluding hydrogens is 422 g/mol. The lowest BCUT2D eigenvalue weighted by atomic mass is 10.0. The third-order valence-electron chi connectivity index (χ3n) is 6.02. The summed E-state index contributed by atoms with van der Waals surface area (Å²) < 4.78 is 5.85. The second-order valence-corrected chi connectivity index (χ2v) is 9.48. The number of amides is 2. The fourth-order valence-corrected chi connectivity index (χ4v) is 4.81. The van der Waals surface area contributed by atoms with Crippen LogP contribution in [0.4, 0.5) is 11.4 Å². The predicted molar refractivity (Wildman–Crippen MR) is 132 cm³/mol. The minimum atomic E-state index is -0.118. The molecule has 0 spiro atoms. The maximum atomic E-state index is 13.4. The molecule has 174 valence electrons. The topological polar surface area (TPSA) is 61.9 Å². The van der Waals surface area contributed by atoms with Crippen molar-refractivity contribution in [3.63, 3.8) is 0 Å². The van der Waals surface area contributed by atoms with Crippen molar-refractivity contribution in [2.75, 3.05) is 37.5 Å². The van der Waals surface area contributed by atoms with Crippen molar-refractivity contribution >= 4 is 34.5 Å². The highest BCUT2D eigenvalue weighted by Crippen LogP contribution is 2.27. The largest absolute Gasteiger partial charge is 0.377 e. The first-order chi connectivity index (χ1) is 15.4. The molecule has 0 aliphatic carbocycles. The third-order valence-corrected chi connectivity index (χ3v) is 6.89. The number of ether oxygens (including phenoxy) is 1. The van der Waals surface area contributed by atoms with Crippen molar-refractivity contribution in [3.8, 4) is 0 Å². The highest BCUT2D eigenvalue weighted by molar-refractivity contribution is 7.12. The first-order valence-corrected chi connectivity index (χ1v) is 12.4. The molecule has 3 rings (SSSR count). The summed E-state index contributed by atoms with van der Waals surface area (Å²) in [6.45, 7) is 6.01. The number of hydrogen-bond acceptors (Lipinski definition) is 5. The monoisotopic (exact) mass is 457 g/mol. The van der Waals surface area contributed by atoms with Gasteiger partial charge in [0, 0.05) is 51.1 Å². The van der Waals surface area contributed by atoms with Gasteiger partial charge in [-0.2, -0.15) is 0 Å². The van der Waals surface area contributed by atoms with Gasteiger partial charge in [-0.25, -0.2) is 0 Å². The second kappa shape index (κ2) is 11.5. The van der Waals surface area contributed by atoms with E-state index in [1.807, 2.05) is 59.6 Å². The number of thiophene rings is 1. The molecule has 1 aromatic heterocycles. The van der Waals surface area contributed by atoms with Crippen LogP contribution in [0.3, 0.4) is 0 Å². The summed E-state index contributed by atoms with van der Waals surface area (Å²) in [5.41, 5.74) is 2.78. The highest BCUT2D eigenvalue weighted by atomic mass is 32.1. The minimum Gasteiger partial charge on any atom is -0.377 e. The van der Waals surface area contributed by atoms with E-state index >= 15 is 0 Å². The van der Waals surface area contributed by atoms with E-state index in [9.17, 15) is 9.59 Å². The Balaban J connectivity index is 1.86. The number of nitrogens with one attached hydrogen (secondary N) is 1. The molecule has 1 atom stereocenters. The van der Waals surface area contributed by atoms with E-state index in [-0.39, 0.29) is 23.8 Å². The van der Waals surface area contributed by atoms with E-state index < -0.39 is 0 Å². The van der Waals surface area contributed by atoms with Crippen molar-refractivity contribution in [1.82, 2.24) is 4.90 Å². The van der Waals surface area contributed by atoms with Gasteiger partial charge in [-0.3, -0.25) is 9.59 Å². The number of anilines is 2. The number of hydrogen-bond donors (Lipinski definition) is 1. The smallest absolute Gasteiger partial charge is 0.265 e. The van der Waals surface area contributed by atoms with Crippen molar-refractivity contribution in [3.05, 3.63) is 46.2 Å². The van der Waals surface area contributed by atoms with Crippen LogP contribution in [0.5, 0.6) is 0 Å². The molecule has 32 heavy (non-hydrogen) atoms. The molecule has 1 aromatic carbocycles. The van der Waals surface area contributed by atoms with Gasteiger partial charge >= 0.3 is 0 Å². The van der Waals surface area contributed by atoms with Gasteiger partial charge in [0.05, 0.1) is 11.0 Å². The van der Waals surface area contributed by atoms with Crippen molar-refractivity contribution in [2.24, 2.45) is 5.92 Å². The molecular formula is C25H35N3O3S. The number of nitrogens with zero attached hydrogens (tertiary/aromatic N) is 2. The number of rotatable bonds is 10. The van der Waals surface area contributed by atoms with Gasteiger partial charge in [0.25, 0.3) is 5.91 Å². The van der Waals surface area contributed by atoms with E-state index in [2.05, 4.69) is 19.2 Å². The number of carbonyl (C=O) groups is 2. The fraction of sp³-hybridized carbons (Fsp3) is 0.520. The first kappa shape index (κ1) is 24.3. The molecule has 0 saturated carbocycles. The van der Waals surface area contributed by atoms with Crippen LogP contribution in [0, 0.1) is 5.92 Å². The van der Waals surface area contributed by atoms with Gasteiger partial charge in [-0.1, -0.05) is 19.9 Å². The quantitative estimate of drug-likeness (QED) is 0.545. The van der Waals surface area contributed by atoms with Gasteiger partial charge in [0.1, 0.15) is 0 Å². The van der Waals surface area contributed by atoms with Crippen molar-refractivity contribution in [1.29, 1.82) is 0 Å². The molecule has 2 amide bonds. The molecule has 1 fully saturated rings. The normalized spacial score (nSPS) is 15.7. The molecule has 2 heterocycles. The summed E-state index contributed by atoms with van der Waals surface area (Å²) in [6.07, 6.45) is 3.79. The lowest BCUT2D eigenvalue weighted by Gasteiger charge is -2.30. The Morgan fingerprint density at radius 2 is 2.00 bits per heavy atom.